The first-order valence-electron chi connectivity index (χ1n) is 5.77. The standard InChI is InChI=1S/C12H15BrClFN2/c1-17(11-5-3-2-4-9(11)13)12-10(15)6-8(14)7-16-12/h6-7,9,11H,2-5H2,1H3. The summed E-state index contributed by atoms with van der Waals surface area (Å²) in [5.74, 6) is 0.0241. The molecule has 2 rings (SSSR count). The number of pyridine rings is 1. The van der Waals surface area contributed by atoms with E-state index in [2.05, 4.69) is 20.9 Å². The molecule has 1 heterocycles. The highest BCUT2D eigenvalue weighted by Crippen LogP contribution is 2.31. The molecule has 1 aliphatic carbocycles. The number of hydrogen-bond donors (Lipinski definition) is 0. The lowest BCUT2D eigenvalue weighted by molar-refractivity contribution is 0.438. The van der Waals surface area contributed by atoms with E-state index in [0.29, 0.717) is 21.7 Å². The van der Waals surface area contributed by atoms with Crippen LogP contribution in [-0.2, 0) is 0 Å². The summed E-state index contributed by atoms with van der Waals surface area (Å²) in [4.78, 5) is 6.41. The fraction of sp³-hybridized carbons (Fsp3) is 0.583. The van der Waals surface area contributed by atoms with Gasteiger partial charge in [0.2, 0.25) is 0 Å². The molecule has 2 unspecified atom stereocenters. The lowest BCUT2D eigenvalue weighted by Gasteiger charge is -2.36. The smallest absolute Gasteiger partial charge is 0.167 e. The number of halogens is 3. The first kappa shape index (κ1) is 13.1. The van der Waals surface area contributed by atoms with E-state index in [9.17, 15) is 4.39 Å². The van der Waals surface area contributed by atoms with Gasteiger partial charge in [0.1, 0.15) is 0 Å². The van der Waals surface area contributed by atoms with Gasteiger partial charge in [0, 0.05) is 24.1 Å². The molecule has 1 aromatic rings. The topological polar surface area (TPSA) is 16.1 Å². The monoisotopic (exact) mass is 320 g/mol. The van der Waals surface area contributed by atoms with Crippen LogP contribution in [0.1, 0.15) is 25.7 Å². The maximum Gasteiger partial charge on any atom is 0.167 e. The van der Waals surface area contributed by atoms with Gasteiger partial charge in [0.25, 0.3) is 0 Å². The minimum atomic E-state index is -0.356. The van der Waals surface area contributed by atoms with Gasteiger partial charge in [-0.2, -0.15) is 0 Å². The number of nitrogens with zero attached hydrogens (tertiary/aromatic N) is 2. The summed E-state index contributed by atoms with van der Waals surface area (Å²) in [5.41, 5.74) is 0. The Morgan fingerprint density at radius 1 is 1.47 bits per heavy atom. The van der Waals surface area contributed by atoms with Crippen molar-refractivity contribution < 1.29 is 4.39 Å². The molecule has 1 aromatic heterocycles. The maximum absolute atomic E-state index is 13.8. The van der Waals surface area contributed by atoms with Crippen molar-refractivity contribution in [3.05, 3.63) is 23.1 Å². The molecule has 5 heteroatoms. The highest BCUT2D eigenvalue weighted by atomic mass is 79.9. The number of anilines is 1. The molecule has 1 fully saturated rings. The largest absolute Gasteiger partial charge is 0.353 e. The molecule has 1 saturated carbocycles. The van der Waals surface area contributed by atoms with Gasteiger partial charge in [0.05, 0.1) is 5.02 Å². The van der Waals surface area contributed by atoms with Crippen LogP contribution < -0.4 is 4.90 Å². The fourth-order valence-electron chi connectivity index (χ4n) is 2.33. The molecular weight excluding hydrogens is 307 g/mol. The normalized spacial score (nSPS) is 24.7. The molecule has 0 aromatic carbocycles. The van der Waals surface area contributed by atoms with Crippen LogP contribution in [0.2, 0.25) is 5.02 Å². The lowest BCUT2D eigenvalue weighted by Crippen LogP contribution is -2.41. The van der Waals surface area contributed by atoms with Crippen LogP contribution in [0.15, 0.2) is 12.3 Å². The summed E-state index contributed by atoms with van der Waals surface area (Å²) in [6.07, 6.45) is 6.10. The Balaban J connectivity index is 2.20. The van der Waals surface area contributed by atoms with Crippen LogP contribution in [0, 0.1) is 5.82 Å². The van der Waals surface area contributed by atoms with Crippen molar-refractivity contribution in [2.75, 3.05) is 11.9 Å². The molecule has 0 radical (unpaired) electrons. The SMILES string of the molecule is CN(c1ncc(Cl)cc1F)C1CCCCC1Br. The summed E-state index contributed by atoms with van der Waals surface area (Å²) in [7, 11) is 1.89. The third-order valence-corrected chi connectivity index (χ3v) is 4.54. The van der Waals surface area contributed by atoms with Gasteiger partial charge >= 0.3 is 0 Å². The Labute approximate surface area is 114 Å². The van der Waals surface area contributed by atoms with E-state index in [1.807, 2.05) is 11.9 Å². The van der Waals surface area contributed by atoms with Gasteiger partial charge in [-0.15, -0.1) is 0 Å². The van der Waals surface area contributed by atoms with Crippen molar-refractivity contribution in [3.8, 4) is 0 Å². The van der Waals surface area contributed by atoms with Crippen LogP contribution >= 0.6 is 27.5 Å². The van der Waals surface area contributed by atoms with Crippen molar-refractivity contribution >= 4 is 33.3 Å². The molecule has 1 aliphatic rings. The van der Waals surface area contributed by atoms with Crippen LogP contribution in [0.5, 0.6) is 0 Å². The molecule has 0 aliphatic heterocycles. The molecule has 2 atom stereocenters. The Morgan fingerprint density at radius 3 is 2.82 bits per heavy atom. The van der Waals surface area contributed by atoms with E-state index in [0.717, 1.165) is 12.8 Å². The summed E-state index contributed by atoms with van der Waals surface area (Å²) < 4.78 is 13.8. The van der Waals surface area contributed by atoms with Crippen LogP contribution in [0.25, 0.3) is 0 Å². The van der Waals surface area contributed by atoms with E-state index < -0.39 is 0 Å². The molecule has 0 saturated heterocycles. The van der Waals surface area contributed by atoms with Crippen molar-refractivity contribution in [2.24, 2.45) is 0 Å². The third-order valence-electron chi connectivity index (χ3n) is 3.27. The van der Waals surface area contributed by atoms with Crippen LogP contribution in [0.3, 0.4) is 0 Å². The first-order valence-corrected chi connectivity index (χ1v) is 7.07. The number of rotatable bonds is 2. The zero-order valence-corrected chi connectivity index (χ0v) is 12.0. The maximum atomic E-state index is 13.8. The highest BCUT2D eigenvalue weighted by molar-refractivity contribution is 9.09. The average Bonchev–Trinajstić information content (AvgIpc) is 2.29. The van der Waals surface area contributed by atoms with Gasteiger partial charge in [-0.25, -0.2) is 9.37 Å². The van der Waals surface area contributed by atoms with Crippen LogP contribution in [0.4, 0.5) is 10.2 Å². The van der Waals surface area contributed by atoms with E-state index in [1.54, 1.807) is 0 Å². The molecule has 17 heavy (non-hydrogen) atoms. The van der Waals surface area contributed by atoms with E-state index >= 15 is 0 Å². The second kappa shape index (κ2) is 5.53. The zero-order chi connectivity index (χ0) is 12.4. The van der Waals surface area contributed by atoms with Gasteiger partial charge in [-0.1, -0.05) is 40.4 Å². The quantitative estimate of drug-likeness (QED) is 0.765. The Bertz CT molecular complexity index is 402. The molecule has 0 spiro atoms. The van der Waals surface area contributed by atoms with Gasteiger partial charge < -0.3 is 4.90 Å². The van der Waals surface area contributed by atoms with Gasteiger partial charge in [0.15, 0.2) is 11.6 Å². The minimum absolute atomic E-state index is 0.298. The summed E-state index contributed by atoms with van der Waals surface area (Å²) in [6, 6.07) is 1.61. The minimum Gasteiger partial charge on any atom is -0.353 e. The molecule has 0 amide bonds. The molecule has 0 N–H and O–H groups in total. The molecule has 94 valence electrons. The van der Waals surface area contributed by atoms with Gasteiger partial charge in [-0.3, -0.25) is 0 Å². The molecule has 0 bridgehead atoms. The van der Waals surface area contributed by atoms with Crippen molar-refractivity contribution in [1.82, 2.24) is 4.98 Å². The predicted octanol–water partition coefficient (Wildman–Crippen LogP) is 4.02. The first-order chi connectivity index (χ1) is 8.09. The summed E-state index contributed by atoms with van der Waals surface area (Å²) >= 11 is 9.38. The van der Waals surface area contributed by atoms with E-state index in [1.165, 1.54) is 25.1 Å². The van der Waals surface area contributed by atoms with Crippen molar-refractivity contribution in [3.63, 3.8) is 0 Å². The summed E-state index contributed by atoms with van der Waals surface area (Å²) in [5, 5.41) is 0.332. The Hall–Kier alpha value is -0.350. The van der Waals surface area contributed by atoms with E-state index in [-0.39, 0.29) is 5.82 Å². The second-order valence-electron chi connectivity index (χ2n) is 4.44. The highest BCUT2D eigenvalue weighted by Gasteiger charge is 2.28. The average molecular weight is 322 g/mol. The molecule has 2 nitrogen and oxygen atoms in total. The van der Waals surface area contributed by atoms with Crippen molar-refractivity contribution in [2.45, 2.75) is 36.6 Å². The van der Waals surface area contributed by atoms with Crippen LogP contribution in [-0.4, -0.2) is 22.9 Å². The third kappa shape index (κ3) is 2.91. The lowest BCUT2D eigenvalue weighted by atomic mass is 9.94. The molecular formula is C12H15BrClFN2. The van der Waals surface area contributed by atoms with E-state index in [4.69, 9.17) is 11.6 Å². The van der Waals surface area contributed by atoms with Gasteiger partial charge in [-0.05, 0) is 18.9 Å². The Kier molecular flexibility index (Phi) is 4.26. The number of alkyl halides is 1. The van der Waals surface area contributed by atoms with Crippen molar-refractivity contribution in [1.29, 1.82) is 0 Å². The summed E-state index contributed by atoms with van der Waals surface area (Å²) in [6.45, 7) is 0. The number of aromatic nitrogens is 1. The predicted molar refractivity (Wildman–Crippen MR) is 72.6 cm³/mol. The zero-order valence-electron chi connectivity index (χ0n) is 9.67. The number of hydrogen-bond acceptors (Lipinski definition) is 2. The fourth-order valence-corrected chi connectivity index (χ4v) is 3.41. The Morgan fingerprint density at radius 2 is 2.18 bits per heavy atom. The second-order valence-corrected chi connectivity index (χ2v) is 6.05.